The van der Waals surface area contributed by atoms with Crippen molar-refractivity contribution in [3.63, 3.8) is 0 Å². The Morgan fingerprint density at radius 1 is 1.46 bits per heavy atom. The molecule has 1 fully saturated rings. The third kappa shape index (κ3) is 4.37. The number of hydrogen-bond acceptors (Lipinski definition) is 2. The van der Waals surface area contributed by atoms with E-state index in [-0.39, 0.29) is 0 Å². The predicted octanol–water partition coefficient (Wildman–Crippen LogP) is 2.91. The van der Waals surface area contributed by atoms with Gasteiger partial charge in [0, 0.05) is 6.04 Å². The van der Waals surface area contributed by atoms with Gasteiger partial charge in [0.2, 0.25) is 0 Å². The van der Waals surface area contributed by atoms with E-state index in [1.165, 1.54) is 37.9 Å². The molecule has 0 bridgehead atoms. The fourth-order valence-electron chi connectivity index (χ4n) is 1.98. The van der Waals surface area contributed by atoms with Crippen molar-refractivity contribution in [1.29, 1.82) is 0 Å². The quantitative estimate of drug-likeness (QED) is 0.680. The number of rotatable bonds is 7. The molecule has 0 aromatic heterocycles. The summed E-state index contributed by atoms with van der Waals surface area (Å²) in [6.45, 7) is 3.35. The second-order valence-electron chi connectivity index (χ2n) is 4.07. The highest BCUT2D eigenvalue weighted by Gasteiger charge is 2.21. The fraction of sp³-hybridized carbons (Fsp3) is 1.00. The van der Waals surface area contributed by atoms with Crippen molar-refractivity contribution in [2.24, 2.45) is 5.92 Å². The maximum atomic E-state index is 3.60. The molecule has 1 aliphatic rings. The van der Waals surface area contributed by atoms with Crippen LogP contribution in [-0.2, 0) is 0 Å². The first-order valence-corrected chi connectivity index (χ1v) is 6.98. The van der Waals surface area contributed by atoms with E-state index in [9.17, 15) is 0 Å². The Hall–Kier alpha value is 0.310. The molecule has 13 heavy (non-hydrogen) atoms. The molecule has 1 saturated carbocycles. The van der Waals surface area contributed by atoms with Crippen LogP contribution in [0.15, 0.2) is 0 Å². The van der Waals surface area contributed by atoms with Gasteiger partial charge in [-0.05, 0) is 37.3 Å². The topological polar surface area (TPSA) is 12.0 Å². The molecule has 78 valence electrons. The van der Waals surface area contributed by atoms with Crippen molar-refractivity contribution in [1.82, 2.24) is 5.32 Å². The van der Waals surface area contributed by atoms with Crippen LogP contribution < -0.4 is 5.32 Å². The minimum absolute atomic E-state index is 0.794. The van der Waals surface area contributed by atoms with Crippen LogP contribution in [-0.4, -0.2) is 24.6 Å². The molecule has 0 heterocycles. The van der Waals surface area contributed by atoms with E-state index >= 15 is 0 Å². The first kappa shape index (κ1) is 11.4. The lowest BCUT2D eigenvalue weighted by atomic mass is 9.80. The molecule has 1 aliphatic carbocycles. The van der Waals surface area contributed by atoms with E-state index in [4.69, 9.17) is 0 Å². The molecule has 2 heteroatoms. The Balaban J connectivity index is 2.11. The van der Waals surface area contributed by atoms with Gasteiger partial charge in [0.1, 0.15) is 0 Å². The highest BCUT2D eigenvalue weighted by molar-refractivity contribution is 7.98. The summed E-state index contributed by atoms with van der Waals surface area (Å²) in [5.74, 6) is 2.36. The molecule has 1 nitrogen and oxygen atoms in total. The Bertz CT molecular complexity index is 123. The summed E-state index contributed by atoms with van der Waals surface area (Å²) in [6, 6.07) is 0.794. The highest BCUT2D eigenvalue weighted by Crippen LogP contribution is 2.31. The fourth-order valence-corrected chi connectivity index (χ4v) is 2.50. The van der Waals surface area contributed by atoms with Crippen molar-refractivity contribution >= 4 is 11.8 Å². The van der Waals surface area contributed by atoms with Crippen LogP contribution in [0.1, 0.15) is 39.0 Å². The lowest BCUT2D eigenvalue weighted by Crippen LogP contribution is -2.33. The first-order chi connectivity index (χ1) is 6.36. The van der Waals surface area contributed by atoms with Gasteiger partial charge in [0.05, 0.1) is 0 Å². The first-order valence-electron chi connectivity index (χ1n) is 5.59. The van der Waals surface area contributed by atoms with E-state index in [2.05, 4.69) is 18.5 Å². The van der Waals surface area contributed by atoms with E-state index < -0.39 is 0 Å². The van der Waals surface area contributed by atoms with E-state index in [1.54, 1.807) is 0 Å². The Morgan fingerprint density at radius 3 is 2.69 bits per heavy atom. The molecule has 0 aliphatic heterocycles. The zero-order valence-corrected chi connectivity index (χ0v) is 9.83. The third-order valence-corrected chi connectivity index (χ3v) is 3.65. The Morgan fingerprint density at radius 2 is 2.23 bits per heavy atom. The molecule has 0 aromatic rings. The molecule has 1 N–H and O–H groups in total. The van der Waals surface area contributed by atoms with E-state index in [1.807, 2.05) is 11.8 Å². The van der Waals surface area contributed by atoms with Gasteiger partial charge < -0.3 is 5.32 Å². The summed E-state index contributed by atoms with van der Waals surface area (Å²) >= 11 is 1.97. The Kier molecular flexibility index (Phi) is 5.88. The van der Waals surface area contributed by atoms with Gasteiger partial charge >= 0.3 is 0 Å². The van der Waals surface area contributed by atoms with Crippen molar-refractivity contribution in [3.8, 4) is 0 Å². The molecule has 0 amide bonds. The summed E-state index contributed by atoms with van der Waals surface area (Å²) in [7, 11) is 0. The van der Waals surface area contributed by atoms with Crippen LogP contribution in [0.25, 0.3) is 0 Å². The van der Waals surface area contributed by atoms with Crippen molar-refractivity contribution in [2.75, 3.05) is 18.6 Å². The van der Waals surface area contributed by atoms with Gasteiger partial charge in [-0.25, -0.2) is 0 Å². The summed E-state index contributed by atoms with van der Waals surface area (Å²) in [5.41, 5.74) is 0. The van der Waals surface area contributed by atoms with Crippen LogP contribution in [0.3, 0.4) is 0 Å². The maximum absolute atomic E-state index is 3.60. The second-order valence-corrected chi connectivity index (χ2v) is 5.05. The third-order valence-electron chi connectivity index (χ3n) is 3.01. The average Bonchev–Trinajstić information content (AvgIpc) is 2.07. The van der Waals surface area contributed by atoms with Gasteiger partial charge in [-0.3, -0.25) is 0 Å². The van der Waals surface area contributed by atoms with Crippen LogP contribution in [0.5, 0.6) is 0 Å². The van der Waals surface area contributed by atoms with Crippen LogP contribution in [0.2, 0.25) is 0 Å². The van der Waals surface area contributed by atoms with Crippen LogP contribution in [0, 0.1) is 5.92 Å². The zero-order valence-electron chi connectivity index (χ0n) is 9.01. The summed E-state index contributed by atoms with van der Waals surface area (Å²) in [5, 5.41) is 3.60. The predicted molar refractivity (Wildman–Crippen MR) is 62.4 cm³/mol. The summed E-state index contributed by atoms with van der Waals surface area (Å²) in [6.07, 6.45) is 9.43. The van der Waals surface area contributed by atoms with Crippen molar-refractivity contribution in [3.05, 3.63) is 0 Å². The molecule has 0 spiro atoms. The lowest BCUT2D eigenvalue weighted by molar-refractivity contribution is 0.259. The van der Waals surface area contributed by atoms with Gasteiger partial charge in [0.15, 0.2) is 0 Å². The molecule has 1 atom stereocenters. The lowest BCUT2D eigenvalue weighted by Gasteiger charge is -2.30. The second kappa shape index (κ2) is 6.72. The van der Waals surface area contributed by atoms with E-state index in [0.717, 1.165) is 18.5 Å². The normalized spacial score (nSPS) is 19.8. The molecular weight excluding hydrogens is 178 g/mol. The average molecular weight is 201 g/mol. The van der Waals surface area contributed by atoms with Crippen LogP contribution in [0.4, 0.5) is 0 Å². The van der Waals surface area contributed by atoms with Crippen molar-refractivity contribution in [2.45, 2.75) is 45.1 Å². The van der Waals surface area contributed by atoms with Crippen LogP contribution >= 0.6 is 11.8 Å². The van der Waals surface area contributed by atoms with Gasteiger partial charge in [-0.1, -0.05) is 26.2 Å². The molecule has 1 rings (SSSR count). The molecule has 1 unspecified atom stereocenters. The summed E-state index contributed by atoms with van der Waals surface area (Å²) in [4.78, 5) is 0. The molecular formula is C11H23NS. The van der Waals surface area contributed by atoms with Gasteiger partial charge in [-0.15, -0.1) is 0 Å². The smallest absolute Gasteiger partial charge is 0.00774 e. The molecule has 0 radical (unpaired) electrons. The monoisotopic (exact) mass is 201 g/mol. The number of hydrogen-bond donors (Lipinski definition) is 1. The van der Waals surface area contributed by atoms with Gasteiger partial charge in [-0.2, -0.15) is 11.8 Å². The minimum atomic E-state index is 0.794. The molecule has 0 aromatic carbocycles. The minimum Gasteiger partial charge on any atom is -0.314 e. The largest absolute Gasteiger partial charge is 0.314 e. The SMILES string of the molecule is CCNC(CCSC)CC1CCC1. The van der Waals surface area contributed by atoms with E-state index in [0.29, 0.717) is 0 Å². The number of thioether (sulfide) groups is 1. The Labute approximate surface area is 87.1 Å². The standard InChI is InChI=1S/C11H23NS/c1-3-12-11(7-8-13-2)9-10-5-4-6-10/h10-12H,3-9H2,1-2H3. The highest BCUT2D eigenvalue weighted by atomic mass is 32.2. The zero-order chi connectivity index (χ0) is 9.52. The summed E-state index contributed by atoms with van der Waals surface area (Å²) < 4.78 is 0. The molecule has 0 saturated heterocycles. The van der Waals surface area contributed by atoms with Gasteiger partial charge in [0.25, 0.3) is 0 Å². The maximum Gasteiger partial charge on any atom is 0.00774 e. The number of nitrogens with one attached hydrogen (secondary N) is 1. The van der Waals surface area contributed by atoms with Crippen molar-refractivity contribution < 1.29 is 0 Å².